The van der Waals surface area contributed by atoms with E-state index in [1.807, 2.05) is 65.6 Å². The third kappa shape index (κ3) is 7.52. The van der Waals surface area contributed by atoms with Gasteiger partial charge in [-0.15, -0.1) is 0 Å². The zero-order chi connectivity index (χ0) is 32.4. The molecule has 5 rings (SSSR count). The standard InChI is InChI=1S/C34H35F6N3O2/c1-23(25-18-27(33(35,36)37)20-28(19-25)34(38,39)40)31(45)41-32(26-10-6-3-7-11-26)14-12-29(13-15-32)43-17-16-42(22-30(43)44)21-24-8-4-2-5-9-24/h2-11,18-20,23,29H,12-17,21-22H2,1H3,(H,41,45)/t23?,29-,32-. The molecule has 1 N–H and O–H groups in total. The average molecular weight is 632 g/mol. The number of nitrogens with zero attached hydrogens (tertiary/aromatic N) is 2. The molecule has 1 heterocycles. The second-order valence-corrected chi connectivity index (χ2v) is 12.0. The van der Waals surface area contributed by atoms with Gasteiger partial charge in [-0.25, -0.2) is 0 Å². The van der Waals surface area contributed by atoms with E-state index in [2.05, 4.69) is 10.2 Å². The molecule has 11 heteroatoms. The van der Waals surface area contributed by atoms with Crippen molar-refractivity contribution in [1.82, 2.24) is 15.1 Å². The molecule has 2 aliphatic rings. The van der Waals surface area contributed by atoms with Crippen LogP contribution in [-0.2, 0) is 34.0 Å². The number of nitrogens with one attached hydrogen (secondary N) is 1. The Morgan fingerprint density at radius 1 is 0.867 bits per heavy atom. The predicted molar refractivity (Wildman–Crippen MR) is 157 cm³/mol. The molecule has 0 radical (unpaired) electrons. The minimum Gasteiger partial charge on any atom is -0.346 e. The molecule has 1 atom stereocenters. The van der Waals surface area contributed by atoms with Gasteiger partial charge in [0, 0.05) is 25.7 Å². The summed E-state index contributed by atoms with van der Waals surface area (Å²) in [5, 5.41) is 3.02. The summed E-state index contributed by atoms with van der Waals surface area (Å²) in [5.41, 5.74) is -2.25. The number of amides is 2. The van der Waals surface area contributed by atoms with Gasteiger partial charge in [0.05, 0.1) is 29.1 Å². The van der Waals surface area contributed by atoms with Crippen LogP contribution in [0.2, 0.25) is 0 Å². The first-order valence-corrected chi connectivity index (χ1v) is 15.0. The molecule has 3 aromatic carbocycles. The molecule has 3 aromatic rings. The van der Waals surface area contributed by atoms with Gasteiger partial charge in [0.25, 0.3) is 0 Å². The first kappa shape index (κ1) is 32.5. The number of hydrogen-bond donors (Lipinski definition) is 1. The highest BCUT2D eigenvalue weighted by molar-refractivity contribution is 5.84. The molecule has 1 aliphatic heterocycles. The zero-order valence-corrected chi connectivity index (χ0v) is 24.8. The summed E-state index contributed by atoms with van der Waals surface area (Å²) < 4.78 is 81.0. The number of benzene rings is 3. The summed E-state index contributed by atoms with van der Waals surface area (Å²) in [6.07, 6.45) is -7.96. The highest BCUT2D eigenvalue weighted by Gasteiger charge is 2.43. The normalized spacial score (nSPS) is 22.2. The second-order valence-electron chi connectivity index (χ2n) is 12.0. The smallest absolute Gasteiger partial charge is 0.346 e. The highest BCUT2D eigenvalue weighted by Crippen LogP contribution is 2.41. The highest BCUT2D eigenvalue weighted by atomic mass is 19.4. The Kier molecular flexibility index (Phi) is 9.30. The van der Waals surface area contributed by atoms with Crippen LogP contribution >= 0.6 is 0 Å². The van der Waals surface area contributed by atoms with Gasteiger partial charge in [0.2, 0.25) is 11.8 Å². The number of piperazine rings is 1. The predicted octanol–water partition coefficient (Wildman–Crippen LogP) is 7.13. The number of rotatable bonds is 7. The van der Waals surface area contributed by atoms with Crippen LogP contribution in [-0.4, -0.2) is 47.3 Å². The van der Waals surface area contributed by atoms with Crippen molar-refractivity contribution >= 4 is 11.8 Å². The van der Waals surface area contributed by atoms with E-state index >= 15 is 0 Å². The van der Waals surface area contributed by atoms with Crippen molar-refractivity contribution < 1.29 is 35.9 Å². The third-order valence-electron chi connectivity index (χ3n) is 9.03. The van der Waals surface area contributed by atoms with E-state index in [4.69, 9.17) is 0 Å². The Balaban J connectivity index is 1.31. The maximum absolute atomic E-state index is 13.6. The Morgan fingerprint density at radius 2 is 1.42 bits per heavy atom. The Labute approximate surface area is 258 Å². The Morgan fingerprint density at radius 3 is 1.96 bits per heavy atom. The summed E-state index contributed by atoms with van der Waals surface area (Å²) in [4.78, 5) is 30.8. The van der Waals surface area contributed by atoms with Gasteiger partial charge in [0.1, 0.15) is 0 Å². The lowest BCUT2D eigenvalue weighted by atomic mass is 9.74. The van der Waals surface area contributed by atoms with Crippen molar-refractivity contribution in [3.63, 3.8) is 0 Å². The molecular formula is C34H35F6N3O2. The van der Waals surface area contributed by atoms with Gasteiger partial charge >= 0.3 is 12.4 Å². The van der Waals surface area contributed by atoms with Crippen molar-refractivity contribution in [2.45, 2.75) is 69.0 Å². The molecule has 2 fully saturated rings. The van der Waals surface area contributed by atoms with Gasteiger partial charge in [0.15, 0.2) is 0 Å². The summed E-state index contributed by atoms with van der Waals surface area (Å²) in [7, 11) is 0. The average Bonchev–Trinajstić information content (AvgIpc) is 3.01. The lowest BCUT2D eigenvalue weighted by Gasteiger charge is -2.46. The number of carbonyl (C=O) groups is 2. The van der Waals surface area contributed by atoms with E-state index in [9.17, 15) is 35.9 Å². The van der Waals surface area contributed by atoms with Crippen LogP contribution < -0.4 is 5.32 Å². The Bertz CT molecular complexity index is 1450. The van der Waals surface area contributed by atoms with Crippen molar-refractivity contribution in [3.05, 3.63) is 107 Å². The topological polar surface area (TPSA) is 52.7 Å². The van der Waals surface area contributed by atoms with Crippen LogP contribution in [0.15, 0.2) is 78.9 Å². The van der Waals surface area contributed by atoms with Crippen LogP contribution in [0.3, 0.4) is 0 Å². The lowest BCUT2D eigenvalue weighted by Crippen LogP contribution is -2.57. The molecule has 1 unspecified atom stereocenters. The molecule has 2 amide bonds. The summed E-state index contributed by atoms with van der Waals surface area (Å²) in [6.45, 7) is 3.60. The molecule has 0 bridgehead atoms. The van der Waals surface area contributed by atoms with Crippen LogP contribution in [0.4, 0.5) is 26.3 Å². The van der Waals surface area contributed by atoms with Gasteiger partial charge in [-0.2, -0.15) is 26.3 Å². The van der Waals surface area contributed by atoms with Crippen molar-refractivity contribution in [2.24, 2.45) is 0 Å². The maximum atomic E-state index is 13.6. The Hall–Kier alpha value is -3.86. The lowest BCUT2D eigenvalue weighted by molar-refractivity contribution is -0.143. The van der Waals surface area contributed by atoms with Crippen molar-refractivity contribution in [3.8, 4) is 0 Å². The maximum Gasteiger partial charge on any atom is 0.416 e. The summed E-state index contributed by atoms with van der Waals surface area (Å²) >= 11 is 0. The number of carbonyl (C=O) groups excluding carboxylic acids is 2. The van der Waals surface area contributed by atoms with Gasteiger partial charge in [-0.1, -0.05) is 60.7 Å². The summed E-state index contributed by atoms with van der Waals surface area (Å²) in [6, 6.07) is 20.3. The molecular weight excluding hydrogens is 596 g/mol. The molecule has 1 aliphatic carbocycles. The first-order valence-electron chi connectivity index (χ1n) is 15.0. The fourth-order valence-electron chi connectivity index (χ4n) is 6.47. The van der Waals surface area contributed by atoms with E-state index in [0.29, 0.717) is 57.5 Å². The van der Waals surface area contributed by atoms with Gasteiger partial charge in [-0.05, 0) is 67.5 Å². The molecule has 0 spiro atoms. The van der Waals surface area contributed by atoms with E-state index in [1.165, 1.54) is 6.92 Å². The fraction of sp³-hybridized carbons (Fsp3) is 0.412. The van der Waals surface area contributed by atoms with E-state index in [1.54, 1.807) is 0 Å². The van der Waals surface area contributed by atoms with Crippen LogP contribution in [0.1, 0.15) is 66.3 Å². The van der Waals surface area contributed by atoms with Crippen molar-refractivity contribution in [1.29, 1.82) is 0 Å². The molecule has 240 valence electrons. The number of halogens is 6. The second kappa shape index (κ2) is 12.9. The monoisotopic (exact) mass is 631 g/mol. The quantitative estimate of drug-likeness (QED) is 0.283. The van der Waals surface area contributed by atoms with E-state index in [0.717, 1.165) is 17.7 Å². The molecule has 0 aromatic heterocycles. The van der Waals surface area contributed by atoms with E-state index < -0.39 is 40.8 Å². The molecule has 1 saturated carbocycles. The van der Waals surface area contributed by atoms with Crippen LogP contribution in [0, 0.1) is 0 Å². The minimum absolute atomic E-state index is 0.0389. The third-order valence-corrected chi connectivity index (χ3v) is 9.03. The van der Waals surface area contributed by atoms with E-state index in [-0.39, 0.29) is 23.6 Å². The zero-order valence-electron chi connectivity index (χ0n) is 24.8. The van der Waals surface area contributed by atoms with Crippen LogP contribution in [0.25, 0.3) is 0 Å². The van der Waals surface area contributed by atoms with Gasteiger partial charge in [-0.3, -0.25) is 14.5 Å². The summed E-state index contributed by atoms with van der Waals surface area (Å²) in [5.74, 6) is -1.92. The molecule has 45 heavy (non-hydrogen) atoms. The molecule has 1 saturated heterocycles. The van der Waals surface area contributed by atoms with Gasteiger partial charge < -0.3 is 10.2 Å². The number of hydrogen-bond acceptors (Lipinski definition) is 3. The van der Waals surface area contributed by atoms with Crippen LogP contribution in [0.5, 0.6) is 0 Å². The SMILES string of the molecule is CC(C(=O)N[C@]1(c2ccccc2)CC[C@@H](N2CCN(Cc3ccccc3)CC2=O)CC1)c1cc(C(F)(F)F)cc(C(F)(F)F)c1. The minimum atomic E-state index is -5.01. The first-order chi connectivity index (χ1) is 21.2. The molecule has 5 nitrogen and oxygen atoms in total. The fourth-order valence-corrected chi connectivity index (χ4v) is 6.47. The number of alkyl halides is 6. The largest absolute Gasteiger partial charge is 0.416 e. The van der Waals surface area contributed by atoms with Crippen molar-refractivity contribution in [2.75, 3.05) is 19.6 Å².